The average molecular weight is 543 g/mol. The van der Waals surface area contributed by atoms with Gasteiger partial charge in [-0.1, -0.05) is 18.2 Å². The molecule has 4 heterocycles. The molecule has 1 saturated carbocycles. The predicted molar refractivity (Wildman–Crippen MR) is 157 cm³/mol. The topological polar surface area (TPSA) is 77.1 Å². The van der Waals surface area contributed by atoms with Gasteiger partial charge >= 0.3 is 0 Å². The first-order valence-electron chi connectivity index (χ1n) is 15.0. The van der Waals surface area contributed by atoms with Crippen molar-refractivity contribution in [2.75, 3.05) is 51.3 Å². The number of anilines is 1. The van der Waals surface area contributed by atoms with Crippen LogP contribution in [0.25, 0.3) is 11.1 Å². The molecular weight excluding hydrogens is 500 g/mol. The Morgan fingerprint density at radius 3 is 2.52 bits per heavy atom. The zero-order chi connectivity index (χ0) is 27.9. The molecule has 40 heavy (non-hydrogen) atoms. The van der Waals surface area contributed by atoms with E-state index in [2.05, 4.69) is 71.4 Å². The zero-order valence-electron chi connectivity index (χ0n) is 24.1. The van der Waals surface area contributed by atoms with Crippen LogP contribution in [0.5, 0.6) is 0 Å². The molecule has 2 saturated heterocycles. The lowest BCUT2D eigenvalue weighted by Gasteiger charge is -2.46. The number of piperazine rings is 1. The monoisotopic (exact) mass is 542 g/mol. The summed E-state index contributed by atoms with van der Waals surface area (Å²) in [5.74, 6) is 0.727. The molecule has 0 bridgehead atoms. The Kier molecular flexibility index (Phi) is 7.45. The summed E-state index contributed by atoms with van der Waals surface area (Å²) in [6.45, 7) is 9.80. The number of nitrogens with zero attached hydrogens (tertiary/aromatic N) is 6. The molecule has 1 unspecified atom stereocenters. The van der Waals surface area contributed by atoms with Gasteiger partial charge in [-0.2, -0.15) is 10.4 Å². The van der Waals surface area contributed by atoms with Crippen LogP contribution in [0.2, 0.25) is 0 Å². The first kappa shape index (κ1) is 27.0. The molecule has 1 atom stereocenters. The molecule has 0 aromatic carbocycles. The van der Waals surface area contributed by atoms with Gasteiger partial charge in [0.1, 0.15) is 0 Å². The lowest BCUT2D eigenvalue weighted by molar-refractivity contribution is -0.139. The van der Waals surface area contributed by atoms with Crippen molar-refractivity contribution in [3.8, 4) is 6.07 Å². The van der Waals surface area contributed by atoms with Gasteiger partial charge < -0.3 is 19.4 Å². The minimum Gasteiger partial charge on any atom is -0.378 e. The summed E-state index contributed by atoms with van der Waals surface area (Å²) in [6, 6.07) is 7.21. The average Bonchev–Trinajstić information content (AvgIpc) is 3.41. The normalized spacial score (nSPS) is 27.0. The van der Waals surface area contributed by atoms with Crippen LogP contribution in [0.1, 0.15) is 51.5 Å². The molecule has 0 radical (unpaired) electrons. The third-order valence-electron chi connectivity index (χ3n) is 9.98. The number of likely N-dealkylation sites (tertiary alicyclic amines) is 1. The van der Waals surface area contributed by atoms with E-state index >= 15 is 0 Å². The molecule has 0 spiro atoms. The third-order valence-corrected chi connectivity index (χ3v) is 9.98. The largest absolute Gasteiger partial charge is 0.378 e. The van der Waals surface area contributed by atoms with Gasteiger partial charge in [0, 0.05) is 88.1 Å². The number of fused-ring (bicyclic) bond motifs is 1. The molecule has 2 aromatic rings. The molecule has 0 N–H and O–H groups in total. The van der Waals surface area contributed by atoms with Crippen molar-refractivity contribution in [1.29, 1.82) is 5.26 Å². The van der Waals surface area contributed by atoms with E-state index < -0.39 is 0 Å². The second-order valence-electron chi connectivity index (χ2n) is 12.3. The van der Waals surface area contributed by atoms with Gasteiger partial charge in [0.25, 0.3) is 0 Å². The summed E-state index contributed by atoms with van der Waals surface area (Å²) in [6.07, 6.45) is 15.6. The summed E-state index contributed by atoms with van der Waals surface area (Å²) in [7, 11) is 1.89. The highest BCUT2D eigenvalue weighted by molar-refractivity contribution is 5.83. The standard InChI is InChI=1S/C32H42N6O2/c1-23(2)35-12-9-32(40-3,10-13-35)28-6-4-25(5-7-28)27-20-30-29(8-11-34-38(30)22-27)36-14-16-37(17-15-36)31(39)26-18-24(19-26)21-33/h4-6,8,11,20,22-24,26,28H,7,9-10,12-19H2,1-3H3. The van der Waals surface area contributed by atoms with E-state index in [1.54, 1.807) is 0 Å². The van der Waals surface area contributed by atoms with Crippen LogP contribution in [-0.4, -0.2) is 83.3 Å². The summed E-state index contributed by atoms with van der Waals surface area (Å²) in [4.78, 5) is 19.8. The maximum atomic E-state index is 12.8. The number of carbonyl (C=O) groups is 1. The number of ether oxygens (including phenoxy) is 1. The Bertz CT molecular complexity index is 1330. The zero-order valence-corrected chi connectivity index (χ0v) is 24.1. The molecule has 4 aliphatic rings. The first-order valence-corrected chi connectivity index (χ1v) is 15.0. The Hall–Kier alpha value is -3.15. The van der Waals surface area contributed by atoms with Crippen LogP contribution in [0.15, 0.2) is 42.8 Å². The molecule has 8 nitrogen and oxygen atoms in total. The predicted octanol–water partition coefficient (Wildman–Crippen LogP) is 4.38. The van der Waals surface area contributed by atoms with E-state index in [4.69, 9.17) is 10.00 Å². The van der Waals surface area contributed by atoms with Crippen LogP contribution in [-0.2, 0) is 9.53 Å². The number of methoxy groups -OCH3 is 1. The van der Waals surface area contributed by atoms with Gasteiger partial charge in [0.15, 0.2) is 0 Å². The van der Waals surface area contributed by atoms with Crippen molar-refractivity contribution < 1.29 is 9.53 Å². The van der Waals surface area contributed by atoms with E-state index in [0.717, 1.165) is 82.6 Å². The van der Waals surface area contributed by atoms with Crippen molar-refractivity contribution >= 4 is 22.7 Å². The second kappa shape index (κ2) is 11.0. The third kappa shape index (κ3) is 4.95. The summed E-state index contributed by atoms with van der Waals surface area (Å²) in [5.41, 5.74) is 4.60. The van der Waals surface area contributed by atoms with E-state index in [1.807, 2.05) is 22.7 Å². The van der Waals surface area contributed by atoms with Gasteiger partial charge in [-0.05, 0) is 63.7 Å². The van der Waals surface area contributed by atoms with Crippen molar-refractivity contribution in [1.82, 2.24) is 19.4 Å². The first-order chi connectivity index (χ1) is 19.4. The Balaban J connectivity index is 1.11. The van der Waals surface area contributed by atoms with Gasteiger partial charge in [0.05, 0.1) is 22.9 Å². The maximum Gasteiger partial charge on any atom is 0.225 e. The molecule has 6 rings (SSSR count). The van der Waals surface area contributed by atoms with Gasteiger partial charge in [-0.25, -0.2) is 4.52 Å². The summed E-state index contributed by atoms with van der Waals surface area (Å²) in [5, 5.41) is 13.6. The van der Waals surface area contributed by atoms with Gasteiger partial charge in [0.2, 0.25) is 5.91 Å². The summed E-state index contributed by atoms with van der Waals surface area (Å²) >= 11 is 0. The quantitative estimate of drug-likeness (QED) is 0.539. The van der Waals surface area contributed by atoms with Crippen molar-refractivity contribution in [2.45, 2.75) is 57.6 Å². The van der Waals surface area contributed by atoms with E-state index in [9.17, 15) is 4.79 Å². The van der Waals surface area contributed by atoms with Crippen LogP contribution in [0, 0.1) is 29.1 Å². The molecule has 2 aliphatic heterocycles. The number of rotatable bonds is 6. The highest BCUT2D eigenvalue weighted by Gasteiger charge is 2.41. The number of piperidine rings is 1. The fourth-order valence-corrected chi connectivity index (χ4v) is 7.15. The van der Waals surface area contributed by atoms with Crippen molar-refractivity contribution in [3.63, 3.8) is 0 Å². The Morgan fingerprint density at radius 2 is 1.90 bits per heavy atom. The molecule has 8 heteroatoms. The molecule has 3 fully saturated rings. The fraction of sp³-hybridized carbons (Fsp3) is 0.594. The Morgan fingerprint density at radius 1 is 1.15 bits per heavy atom. The van der Waals surface area contributed by atoms with E-state index in [0.29, 0.717) is 12.0 Å². The number of nitriles is 1. The second-order valence-corrected chi connectivity index (χ2v) is 12.3. The van der Waals surface area contributed by atoms with E-state index in [-0.39, 0.29) is 23.3 Å². The number of allylic oxidation sites excluding steroid dienone is 3. The molecular formula is C32H42N6O2. The van der Waals surface area contributed by atoms with E-state index in [1.165, 1.54) is 11.1 Å². The molecule has 2 aliphatic carbocycles. The summed E-state index contributed by atoms with van der Waals surface area (Å²) < 4.78 is 8.19. The number of hydrogen-bond donors (Lipinski definition) is 0. The maximum absolute atomic E-state index is 12.8. The van der Waals surface area contributed by atoms with Crippen molar-refractivity contribution in [3.05, 3.63) is 48.3 Å². The highest BCUT2D eigenvalue weighted by Crippen LogP contribution is 2.40. The minimum atomic E-state index is -0.0796. The fourth-order valence-electron chi connectivity index (χ4n) is 7.15. The SMILES string of the molecule is COC1(C2C=CC(c3cc4c(N5CCN(C(=O)C6CC(C#N)C6)CC5)ccnn4c3)=CC2)CCN(C(C)C)CC1. The number of carbonyl (C=O) groups excluding carboxylic acids is 1. The van der Waals surface area contributed by atoms with Gasteiger partial charge in [-0.15, -0.1) is 0 Å². The minimum absolute atomic E-state index is 0.0417. The lowest BCUT2D eigenvalue weighted by Crippen LogP contribution is -2.52. The van der Waals surface area contributed by atoms with Crippen LogP contribution < -0.4 is 4.90 Å². The lowest BCUT2D eigenvalue weighted by atomic mass is 9.75. The molecule has 1 amide bonds. The highest BCUT2D eigenvalue weighted by atomic mass is 16.5. The van der Waals surface area contributed by atoms with Gasteiger partial charge in [-0.3, -0.25) is 4.79 Å². The van der Waals surface area contributed by atoms with Crippen LogP contribution in [0.4, 0.5) is 5.69 Å². The number of hydrogen-bond acceptors (Lipinski definition) is 6. The molecule has 2 aromatic heterocycles. The molecule has 212 valence electrons. The van der Waals surface area contributed by atoms with Crippen LogP contribution in [0.3, 0.4) is 0 Å². The van der Waals surface area contributed by atoms with Crippen LogP contribution >= 0.6 is 0 Å². The Labute approximate surface area is 237 Å². The number of aromatic nitrogens is 2. The van der Waals surface area contributed by atoms with Crippen molar-refractivity contribution in [2.24, 2.45) is 17.8 Å². The smallest absolute Gasteiger partial charge is 0.225 e. The number of amides is 1.